The minimum absolute atomic E-state index is 0.902. The van der Waals surface area contributed by atoms with E-state index in [4.69, 9.17) is 4.42 Å². The van der Waals surface area contributed by atoms with Crippen LogP contribution in [0.3, 0.4) is 0 Å². The van der Waals surface area contributed by atoms with E-state index < -0.39 is 8.07 Å². The van der Waals surface area contributed by atoms with Crippen LogP contribution in [0.15, 0.2) is 271 Å². The second-order valence-corrected chi connectivity index (χ2v) is 22.2. The van der Waals surface area contributed by atoms with Crippen molar-refractivity contribution >= 4 is 106 Å². The molecular weight excluding hydrogens is 865 g/mol. The van der Waals surface area contributed by atoms with Crippen LogP contribution in [-0.2, 0) is 0 Å². The van der Waals surface area contributed by atoms with Gasteiger partial charge >= 0.3 is 0 Å². The first-order chi connectivity index (χ1) is 34.7. The molecule has 0 unspecified atom stereocenters. The van der Waals surface area contributed by atoms with Gasteiger partial charge in [-0.25, -0.2) is 0 Å². The van der Waals surface area contributed by atoms with Crippen molar-refractivity contribution in [1.82, 2.24) is 4.40 Å². The Morgan fingerprint density at radius 1 is 0.314 bits per heavy atom. The zero-order valence-electron chi connectivity index (χ0n) is 38.2. The number of aromatic nitrogens is 1. The number of anilines is 3. The normalized spacial score (nSPS) is 12.0. The molecule has 0 radical (unpaired) electrons. The summed E-state index contributed by atoms with van der Waals surface area (Å²) >= 11 is 0. The number of rotatable bonds is 9. The molecule has 0 saturated heterocycles. The van der Waals surface area contributed by atoms with Gasteiger partial charge in [-0.15, -0.1) is 0 Å². The third kappa shape index (κ3) is 6.13. The van der Waals surface area contributed by atoms with Gasteiger partial charge in [-0.2, -0.15) is 0 Å². The fourth-order valence-electron chi connectivity index (χ4n) is 11.6. The van der Waals surface area contributed by atoms with Gasteiger partial charge in [-0.1, -0.05) is 206 Å². The van der Waals surface area contributed by atoms with Crippen LogP contribution in [0.5, 0.6) is 0 Å². The van der Waals surface area contributed by atoms with Crippen molar-refractivity contribution in [3.63, 3.8) is 0 Å². The van der Waals surface area contributed by atoms with Gasteiger partial charge in [-0.05, 0) is 98.1 Å². The minimum Gasteiger partial charge on any atom is -0.455 e. The van der Waals surface area contributed by atoms with E-state index in [1.165, 1.54) is 70.0 Å². The highest BCUT2D eigenvalue weighted by molar-refractivity contribution is 7.19. The van der Waals surface area contributed by atoms with Crippen LogP contribution < -0.4 is 25.6 Å². The lowest BCUT2D eigenvalue weighted by molar-refractivity contribution is 0.670. The second-order valence-electron chi connectivity index (χ2n) is 18.4. The average molecular weight is 909 g/mol. The molecule has 0 fully saturated rings. The van der Waals surface area contributed by atoms with Crippen LogP contribution in [-0.4, -0.2) is 12.5 Å². The molecule has 3 heterocycles. The third-order valence-electron chi connectivity index (χ3n) is 14.7. The number of nitrogens with zero attached hydrogens (tertiary/aromatic N) is 2. The first kappa shape index (κ1) is 40.1. The molecule has 0 saturated carbocycles. The Kier molecular flexibility index (Phi) is 9.23. The van der Waals surface area contributed by atoms with Gasteiger partial charge in [0.2, 0.25) is 0 Å². The van der Waals surface area contributed by atoms with Crippen LogP contribution in [0.1, 0.15) is 0 Å². The van der Waals surface area contributed by atoms with E-state index in [0.717, 1.165) is 50.1 Å². The standard InChI is InChI=1S/C66H44N2OSi/c1-4-16-51(17-5-1)70(52-18-6-2-7-19-52,53-20-8-3-9-21-53)54-41-39-50(40-42-54)67(49-37-32-46(33-38-49)55-24-14-27-60-57-23-11-13-29-64(57)69-66(55)60)48-35-30-45(31-36-48)47-34-43-63-61(44-47)59-26-15-25-58-56-22-10-12-28-62(56)68(63)65(58)59/h1-44H. The van der Waals surface area contributed by atoms with Crippen LogP contribution in [0.4, 0.5) is 17.1 Å². The topological polar surface area (TPSA) is 20.8 Å². The van der Waals surface area contributed by atoms with Crippen molar-refractivity contribution in [1.29, 1.82) is 0 Å². The molecule has 3 nitrogen and oxygen atoms in total. The summed E-state index contributed by atoms with van der Waals surface area (Å²) in [5, 5.41) is 12.8. The maximum atomic E-state index is 6.50. The summed E-state index contributed by atoms with van der Waals surface area (Å²) < 4.78 is 8.94. The summed E-state index contributed by atoms with van der Waals surface area (Å²) in [5.74, 6) is 0. The van der Waals surface area contributed by atoms with Crippen molar-refractivity contribution in [2.45, 2.75) is 0 Å². The number of para-hydroxylation sites is 4. The molecule has 14 aromatic rings. The van der Waals surface area contributed by atoms with Gasteiger partial charge in [0.05, 0.1) is 16.6 Å². The first-order valence-electron chi connectivity index (χ1n) is 24.1. The number of fused-ring (bicyclic) bond motifs is 9. The Bertz CT molecular complexity index is 4100. The van der Waals surface area contributed by atoms with E-state index in [2.05, 4.69) is 264 Å². The average Bonchev–Trinajstić information content (AvgIpc) is 4.10. The van der Waals surface area contributed by atoms with Crippen molar-refractivity contribution in [2.75, 3.05) is 4.90 Å². The molecule has 3 aromatic heterocycles. The molecule has 14 rings (SSSR count). The molecule has 0 aliphatic carbocycles. The van der Waals surface area contributed by atoms with Crippen molar-refractivity contribution in [2.24, 2.45) is 0 Å². The Morgan fingerprint density at radius 2 is 0.771 bits per heavy atom. The van der Waals surface area contributed by atoms with Crippen LogP contribution >= 0.6 is 0 Å². The van der Waals surface area contributed by atoms with E-state index in [0.29, 0.717) is 0 Å². The monoisotopic (exact) mass is 908 g/mol. The van der Waals surface area contributed by atoms with E-state index in [1.807, 2.05) is 12.1 Å². The molecule has 0 aliphatic rings. The molecule has 70 heavy (non-hydrogen) atoms. The Labute approximate surface area is 406 Å². The number of benzene rings is 11. The second kappa shape index (κ2) is 16.1. The lowest BCUT2D eigenvalue weighted by Gasteiger charge is -2.35. The summed E-state index contributed by atoms with van der Waals surface area (Å²) in [4.78, 5) is 2.39. The minimum atomic E-state index is -2.72. The molecule has 328 valence electrons. The Hall–Kier alpha value is -8.96. The smallest absolute Gasteiger partial charge is 0.179 e. The molecule has 0 bridgehead atoms. The molecule has 0 amide bonds. The van der Waals surface area contributed by atoms with Gasteiger partial charge < -0.3 is 13.7 Å². The zero-order valence-corrected chi connectivity index (χ0v) is 39.2. The molecule has 4 heteroatoms. The van der Waals surface area contributed by atoms with Crippen LogP contribution in [0, 0.1) is 0 Å². The summed E-state index contributed by atoms with van der Waals surface area (Å²) in [6.07, 6.45) is 0. The highest BCUT2D eigenvalue weighted by Crippen LogP contribution is 2.42. The Balaban J connectivity index is 0.896. The van der Waals surface area contributed by atoms with Gasteiger partial charge in [0, 0.05) is 54.9 Å². The maximum Gasteiger partial charge on any atom is 0.179 e. The molecule has 0 spiro atoms. The number of furan rings is 1. The molecule has 0 N–H and O–H groups in total. The van der Waals surface area contributed by atoms with Crippen molar-refractivity contribution in [3.05, 3.63) is 267 Å². The largest absolute Gasteiger partial charge is 0.455 e. The van der Waals surface area contributed by atoms with Crippen LogP contribution in [0.2, 0.25) is 0 Å². The quantitative estimate of drug-likeness (QED) is 0.106. The van der Waals surface area contributed by atoms with Gasteiger partial charge in [-0.3, -0.25) is 0 Å². The molecular formula is C66H44N2OSi. The van der Waals surface area contributed by atoms with Crippen molar-refractivity contribution < 1.29 is 4.42 Å². The first-order valence-corrected chi connectivity index (χ1v) is 26.1. The fraction of sp³-hybridized carbons (Fsp3) is 0. The molecule has 0 atom stereocenters. The SMILES string of the molecule is c1ccc([Si](c2ccccc2)(c2ccccc2)c2ccc(N(c3ccc(-c4ccc5c(c4)c4cccc6c7ccccc7n5c64)cc3)c3ccc(-c4cccc5c4oc4ccccc45)cc3)cc2)cc1. The fourth-order valence-corrected chi connectivity index (χ4v) is 16.3. The number of hydrogen-bond acceptors (Lipinski definition) is 2. The third-order valence-corrected chi connectivity index (χ3v) is 19.5. The number of hydrogen-bond donors (Lipinski definition) is 0. The zero-order chi connectivity index (χ0) is 46.2. The lowest BCUT2D eigenvalue weighted by atomic mass is 10.0. The van der Waals surface area contributed by atoms with E-state index in [-0.39, 0.29) is 0 Å². The predicted molar refractivity (Wildman–Crippen MR) is 298 cm³/mol. The van der Waals surface area contributed by atoms with E-state index in [9.17, 15) is 0 Å². The van der Waals surface area contributed by atoms with Gasteiger partial charge in [0.25, 0.3) is 0 Å². The van der Waals surface area contributed by atoms with Crippen molar-refractivity contribution in [3.8, 4) is 22.3 Å². The Morgan fingerprint density at radius 3 is 1.41 bits per heavy atom. The van der Waals surface area contributed by atoms with Crippen LogP contribution in [0.25, 0.3) is 82.3 Å². The maximum absolute atomic E-state index is 6.50. The lowest BCUT2D eigenvalue weighted by Crippen LogP contribution is -2.74. The summed E-state index contributed by atoms with van der Waals surface area (Å²) in [6.45, 7) is 0. The van der Waals surface area contributed by atoms with E-state index >= 15 is 0 Å². The van der Waals surface area contributed by atoms with Gasteiger partial charge in [0.1, 0.15) is 11.2 Å². The highest BCUT2D eigenvalue weighted by atomic mass is 28.3. The predicted octanol–water partition coefficient (Wildman–Crippen LogP) is 14.9. The van der Waals surface area contributed by atoms with Gasteiger partial charge in [0.15, 0.2) is 8.07 Å². The summed E-state index contributed by atoms with van der Waals surface area (Å²) in [6, 6.07) is 98.1. The summed E-state index contributed by atoms with van der Waals surface area (Å²) in [7, 11) is -2.72. The highest BCUT2D eigenvalue weighted by Gasteiger charge is 2.41. The summed E-state index contributed by atoms with van der Waals surface area (Å²) in [5.41, 5.74) is 13.4. The van der Waals surface area contributed by atoms with E-state index in [1.54, 1.807) is 0 Å². The molecule has 0 aliphatic heterocycles. The molecule has 11 aromatic carbocycles.